The number of aromatic nitrogens is 1. The van der Waals surface area contributed by atoms with Gasteiger partial charge in [-0.2, -0.15) is 4.57 Å². The average molecular weight is 210 g/mol. The van der Waals surface area contributed by atoms with Crippen LogP contribution in [0.3, 0.4) is 0 Å². The monoisotopic (exact) mass is 209 g/mol. The summed E-state index contributed by atoms with van der Waals surface area (Å²) in [6, 6.07) is 7.73. The van der Waals surface area contributed by atoms with Crippen LogP contribution in [0.1, 0.15) is 0 Å². The predicted octanol–water partition coefficient (Wildman–Crippen LogP) is -2.17. The Kier molecular flexibility index (Phi) is 2.81. The fourth-order valence-electron chi connectivity index (χ4n) is 1.53. The summed E-state index contributed by atoms with van der Waals surface area (Å²) >= 11 is 0. The maximum absolute atomic E-state index is 5.83. The average Bonchev–Trinajstić information content (AvgIpc) is 2.07. The Morgan fingerprint density at radius 1 is 1.21 bits per heavy atom. The van der Waals surface area contributed by atoms with E-state index in [0.717, 1.165) is 22.3 Å². The molecule has 3 nitrogen and oxygen atoms in total. The number of fused-ring (bicyclic) bond motifs is 1. The number of rotatable bonds is 0. The van der Waals surface area contributed by atoms with Crippen LogP contribution in [0.5, 0.6) is 0 Å². The molecule has 2 aromatic rings. The van der Waals surface area contributed by atoms with Gasteiger partial charge in [0.15, 0.2) is 6.20 Å². The molecular weight excluding hydrogens is 198 g/mol. The number of halogens is 1. The molecule has 0 aliphatic heterocycles. The lowest BCUT2D eigenvalue weighted by molar-refractivity contribution is -0.644. The van der Waals surface area contributed by atoms with Crippen molar-refractivity contribution in [3.8, 4) is 0 Å². The first-order chi connectivity index (χ1) is 6.18. The summed E-state index contributed by atoms with van der Waals surface area (Å²) < 4.78 is 1.97. The summed E-state index contributed by atoms with van der Waals surface area (Å²) in [6.07, 6.45) is 1.88. The van der Waals surface area contributed by atoms with Crippen molar-refractivity contribution in [2.45, 2.75) is 0 Å². The van der Waals surface area contributed by atoms with Crippen molar-refractivity contribution in [3.63, 3.8) is 0 Å². The van der Waals surface area contributed by atoms with Crippen LogP contribution in [0, 0.1) is 0 Å². The van der Waals surface area contributed by atoms with Crippen molar-refractivity contribution in [1.82, 2.24) is 0 Å². The summed E-state index contributed by atoms with van der Waals surface area (Å²) in [5.74, 6) is 0. The Hall–Kier alpha value is -1.48. The van der Waals surface area contributed by atoms with Crippen LogP contribution in [-0.4, -0.2) is 0 Å². The van der Waals surface area contributed by atoms with Crippen molar-refractivity contribution in [2.75, 3.05) is 11.5 Å². The van der Waals surface area contributed by atoms with Gasteiger partial charge >= 0.3 is 0 Å². The molecule has 0 spiro atoms. The SMILES string of the molecule is C[n+]1cc(N)cc2c(N)cccc21.[Cl-]. The van der Waals surface area contributed by atoms with Crippen molar-refractivity contribution in [3.05, 3.63) is 30.5 Å². The fraction of sp³-hybridized carbons (Fsp3) is 0.100. The number of nitrogens with zero attached hydrogens (tertiary/aromatic N) is 1. The number of nitrogens with two attached hydrogens (primary N) is 2. The topological polar surface area (TPSA) is 55.9 Å². The van der Waals surface area contributed by atoms with Gasteiger partial charge in [-0.15, -0.1) is 0 Å². The summed E-state index contributed by atoms with van der Waals surface area (Å²) in [4.78, 5) is 0. The molecule has 4 N–H and O–H groups in total. The molecule has 0 aliphatic carbocycles. The summed E-state index contributed by atoms with van der Waals surface area (Å²) in [6.45, 7) is 0. The van der Waals surface area contributed by atoms with Crippen molar-refractivity contribution >= 4 is 22.3 Å². The van der Waals surface area contributed by atoms with Crippen LogP contribution >= 0.6 is 0 Å². The van der Waals surface area contributed by atoms with E-state index in [1.165, 1.54) is 0 Å². The molecule has 0 amide bonds. The fourth-order valence-corrected chi connectivity index (χ4v) is 1.53. The standard InChI is InChI=1S/C10H11N3.ClH/c1-13-6-7(11)5-8-9(12)3-2-4-10(8)13;/h2-6,12H,11H2,1H3;1H. The van der Waals surface area contributed by atoms with Crippen LogP contribution in [0.15, 0.2) is 30.5 Å². The number of benzene rings is 1. The van der Waals surface area contributed by atoms with Gasteiger partial charge in [-0.1, -0.05) is 6.07 Å². The number of hydrogen-bond acceptors (Lipinski definition) is 2. The van der Waals surface area contributed by atoms with E-state index in [1.807, 2.05) is 42.1 Å². The largest absolute Gasteiger partial charge is 1.00 e. The molecule has 1 heterocycles. The van der Waals surface area contributed by atoms with Crippen LogP contribution in [0.25, 0.3) is 10.9 Å². The van der Waals surface area contributed by atoms with Crippen LogP contribution in [0.2, 0.25) is 0 Å². The Balaban J connectivity index is 0.000000980. The van der Waals surface area contributed by atoms with Gasteiger partial charge in [0.1, 0.15) is 7.05 Å². The molecule has 0 unspecified atom stereocenters. The molecule has 74 valence electrons. The minimum Gasteiger partial charge on any atom is -1.00 e. The molecule has 1 aromatic heterocycles. The normalized spacial score (nSPS) is 9.79. The number of pyridine rings is 1. The highest BCUT2D eigenvalue weighted by atomic mass is 35.5. The van der Waals surface area contributed by atoms with Gasteiger partial charge in [0.05, 0.1) is 11.1 Å². The van der Waals surface area contributed by atoms with Gasteiger partial charge in [0.25, 0.3) is 0 Å². The second kappa shape index (κ2) is 3.72. The number of hydrogen-bond donors (Lipinski definition) is 2. The van der Waals surface area contributed by atoms with E-state index in [9.17, 15) is 0 Å². The predicted molar refractivity (Wildman–Crippen MR) is 53.9 cm³/mol. The van der Waals surface area contributed by atoms with E-state index in [-0.39, 0.29) is 12.4 Å². The van der Waals surface area contributed by atoms with Gasteiger partial charge < -0.3 is 23.9 Å². The summed E-state index contributed by atoms with van der Waals surface area (Å²) in [7, 11) is 1.96. The van der Waals surface area contributed by atoms with Gasteiger partial charge in [-0.05, 0) is 12.1 Å². The highest BCUT2D eigenvalue weighted by Crippen LogP contribution is 2.19. The molecule has 2 rings (SSSR count). The van der Waals surface area contributed by atoms with E-state index in [1.54, 1.807) is 0 Å². The molecule has 0 saturated heterocycles. The molecule has 0 fully saturated rings. The summed E-state index contributed by atoms with van der Waals surface area (Å²) in [5.41, 5.74) is 14.1. The summed E-state index contributed by atoms with van der Waals surface area (Å²) in [5, 5.41) is 1.00. The zero-order valence-electron chi connectivity index (χ0n) is 7.87. The van der Waals surface area contributed by atoms with Gasteiger partial charge in [-0.25, -0.2) is 0 Å². The highest BCUT2D eigenvalue weighted by molar-refractivity contribution is 5.89. The van der Waals surface area contributed by atoms with Crippen LogP contribution in [0.4, 0.5) is 11.4 Å². The van der Waals surface area contributed by atoms with Crippen molar-refractivity contribution < 1.29 is 17.0 Å². The molecule has 0 radical (unpaired) electrons. The molecule has 14 heavy (non-hydrogen) atoms. The lowest BCUT2D eigenvalue weighted by Crippen LogP contribution is -3.00. The third kappa shape index (κ3) is 1.59. The third-order valence-corrected chi connectivity index (χ3v) is 2.15. The number of anilines is 2. The quantitative estimate of drug-likeness (QED) is 0.384. The van der Waals surface area contributed by atoms with Crippen LogP contribution in [-0.2, 0) is 7.05 Å². The van der Waals surface area contributed by atoms with E-state index in [2.05, 4.69) is 0 Å². The van der Waals surface area contributed by atoms with Crippen molar-refractivity contribution in [1.29, 1.82) is 0 Å². The lowest BCUT2D eigenvalue weighted by Gasteiger charge is -2.00. The second-order valence-electron chi connectivity index (χ2n) is 3.16. The molecule has 4 heteroatoms. The first kappa shape index (κ1) is 10.6. The minimum absolute atomic E-state index is 0. The van der Waals surface area contributed by atoms with Crippen molar-refractivity contribution in [2.24, 2.45) is 7.05 Å². The zero-order chi connectivity index (χ0) is 9.42. The third-order valence-electron chi connectivity index (χ3n) is 2.15. The Morgan fingerprint density at radius 3 is 2.64 bits per heavy atom. The molecule has 0 saturated carbocycles. The van der Waals surface area contributed by atoms with E-state index < -0.39 is 0 Å². The van der Waals surface area contributed by atoms with E-state index in [0.29, 0.717) is 0 Å². The first-order valence-electron chi connectivity index (χ1n) is 4.12. The Labute approximate surface area is 88.7 Å². The molecule has 0 atom stereocenters. The first-order valence-corrected chi connectivity index (χ1v) is 4.12. The zero-order valence-corrected chi connectivity index (χ0v) is 8.62. The number of aryl methyl sites for hydroxylation is 1. The molecule has 1 aromatic carbocycles. The lowest BCUT2D eigenvalue weighted by atomic mass is 10.1. The Morgan fingerprint density at radius 2 is 1.93 bits per heavy atom. The van der Waals surface area contributed by atoms with E-state index in [4.69, 9.17) is 11.5 Å². The van der Waals surface area contributed by atoms with Gasteiger partial charge in [0.2, 0.25) is 5.52 Å². The molecular formula is C10H12ClN3. The minimum atomic E-state index is 0. The van der Waals surface area contributed by atoms with Gasteiger partial charge in [-0.3, -0.25) is 0 Å². The highest BCUT2D eigenvalue weighted by Gasteiger charge is 2.07. The van der Waals surface area contributed by atoms with Crippen LogP contribution < -0.4 is 28.4 Å². The Bertz CT molecular complexity index is 468. The molecule has 0 bridgehead atoms. The second-order valence-corrected chi connectivity index (χ2v) is 3.16. The van der Waals surface area contributed by atoms with E-state index >= 15 is 0 Å². The maximum atomic E-state index is 5.83. The van der Waals surface area contributed by atoms with Gasteiger partial charge in [0, 0.05) is 11.8 Å². The maximum Gasteiger partial charge on any atom is 0.214 e. The molecule has 0 aliphatic rings. The smallest absolute Gasteiger partial charge is 0.214 e. The number of nitrogen functional groups attached to an aromatic ring is 2.